The highest BCUT2D eigenvalue weighted by Gasteiger charge is 2.23. The number of hydrogen-bond donors (Lipinski definition) is 0. The molecule has 22 heavy (non-hydrogen) atoms. The smallest absolute Gasteiger partial charge is 0.257 e. The van der Waals surface area contributed by atoms with E-state index in [9.17, 15) is 13.6 Å². The first-order valence-corrected chi connectivity index (χ1v) is 6.80. The van der Waals surface area contributed by atoms with Crippen LogP contribution in [0.2, 0.25) is 0 Å². The fourth-order valence-corrected chi connectivity index (χ4v) is 2.25. The molecule has 0 aromatic heterocycles. The summed E-state index contributed by atoms with van der Waals surface area (Å²) in [5, 5.41) is 0. The molecule has 2 rings (SSSR count). The fraction of sp³-hybridized carbons (Fsp3) is 0.235. The summed E-state index contributed by atoms with van der Waals surface area (Å²) < 4.78 is 32.0. The minimum atomic E-state index is -0.871. The molecule has 0 fully saturated rings. The van der Waals surface area contributed by atoms with Gasteiger partial charge in [0.2, 0.25) is 0 Å². The molecular formula is C17H17F2NO2. The molecule has 0 saturated heterocycles. The van der Waals surface area contributed by atoms with Crippen molar-refractivity contribution in [3.8, 4) is 5.75 Å². The van der Waals surface area contributed by atoms with Gasteiger partial charge >= 0.3 is 0 Å². The molecule has 0 spiro atoms. The second-order valence-electron chi connectivity index (χ2n) is 4.96. The number of benzene rings is 2. The molecule has 1 atom stereocenters. The van der Waals surface area contributed by atoms with Gasteiger partial charge in [0.05, 0.1) is 18.7 Å². The number of hydrogen-bond acceptors (Lipinski definition) is 2. The van der Waals surface area contributed by atoms with Crippen LogP contribution in [-0.4, -0.2) is 25.0 Å². The van der Waals surface area contributed by atoms with Crippen molar-refractivity contribution in [2.24, 2.45) is 0 Å². The predicted octanol–water partition coefficient (Wildman–Crippen LogP) is 3.81. The normalized spacial score (nSPS) is 11.9. The number of para-hydroxylation sites is 1. The molecule has 0 heterocycles. The maximum atomic E-state index is 13.8. The minimum absolute atomic E-state index is 0.161. The first-order chi connectivity index (χ1) is 10.5. The highest BCUT2D eigenvalue weighted by Crippen LogP contribution is 2.29. The molecule has 0 N–H and O–H groups in total. The second kappa shape index (κ2) is 6.56. The van der Waals surface area contributed by atoms with Crippen LogP contribution >= 0.6 is 0 Å². The number of rotatable bonds is 4. The largest absolute Gasteiger partial charge is 0.496 e. The Hall–Kier alpha value is -2.43. The molecule has 0 aliphatic rings. The summed E-state index contributed by atoms with van der Waals surface area (Å²) in [5.41, 5.74) is 0.647. The maximum Gasteiger partial charge on any atom is 0.257 e. The van der Waals surface area contributed by atoms with Crippen molar-refractivity contribution in [3.63, 3.8) is 0 Å². The van der Waals surface area contributed by atoms with E-state index in [4.69, 9.17) is 4.74 Å². The van der Waals surface area contributed by atoms with Crippen LogP contribution in [0.5, 0.6) is 5.75 Å². The quantitative estimate of drug-likeness (QED) is 0.859. The van der Waals surface area contributed by atoms with E-state index in [0.29, 0.717) is 11.8 Å². The third kappa shape index (κ3) is 3.08. The number of carbonyl (C=O) groups is 1. The zero-order valence-corrected chi connectivity index (χ0v) is 12.6. The van der Waals surface area contributed by atoms with E-state index in [1.54, 1.807) is 20.2 Å². The van der Waals surface area contributed by atoms with E-state index in [2.05, 4.69) is 0 Å². The van der Waals surface area contributed by atoms with Crippen molar-refractivity contribution in [1.29, 1.82) is 0 Å². The van der Waals surface area contributed by atoms with E-state index >= 15 is 0 Å². The Morgan fingerprint density at radius 1 is 1.18 bits per heavy atom. The van der Waals surface area contributed by atoms with Crippen molar-refractivity contribution >= 4 is 5.91 Å². The van der Waals surface area contributed by atoms with Crippen molar-refractivity contribution in [2.75, 3.05) is 14.2 Å². The minimum Gasteiger partial charge on any atom is -0.496 e. The lowest BCUT2D eigenvalue weighted by Crippen LogP contribution is -2.30. The molecule has 1 amide bonds. The summed E-state index contributed by atoms with van der Waals surface area (Å²) in [6, 6.07) is 9.90. The van der Waals surface area contributed by atoms with E-state index in [1.807, 2.05) is 25.1 Å². The average molecular weight is 305 g/mol. The van der Waals surface area contributed by atoms with Crippen LogP contribution < -0.4 is 4.74 Å². The molecule has 0 radical (unpaired) electrons. The Labute approximate surface area is 128 Å². The Morgan fingerprint density at radius 2 is 1.86 bits per heavy atom. The third-order valence-electron chi connectivity index (χ3n) is 3.65. The van der Waals surface area contributed by atoms with Crippen LogP contribution in [0.25, 0.3) is 0 Å². The zero-order valence-electron chi connectivity index (χ0n) is 12.6. The predicted molar refractivity (Wildman–Crippen MR) is 79.9 cm³/mol. The van der Waals surface area contributed by atoms with Gasteiger partial charge in [-0.3, -0.25) is 4.79 Å². The molecule has 5 heteroatoms. The summed E-state index contributed by atoms with van der Waals surface area (Å²) >= 11 is 0. The Morgan fingerprint density at radius 3 is 2.50 bits per heavy atom. The maximum absolute atomic E-state index is 13.8. The number of carbonyl (C=O) groups excluding carboxylic acids is 1. The van der Waals surface area contributed by atoms with Crippen LogP contribution in [-0.2, 0) is 0 Å². The first-order valence-electron chi connectivity index (χ1n) is 6.80. The number of halogens is 2. The first kappa shape index (κ1) is 15.9. The monoisotopic (exact) mass is 305 g/mol. The van der Waals surface area contributed by atoms with Gasteiger partial charge in [0.15, 0.2) is 0 Å². The molecule has 116 valence electrons. The van der Waals surface area contributed by atoms with Gasteiger partial charge in [-0.1, -0.05) is 18.2 Å². The summed E-state index contributed by atoms with van der Waals surface area (Å²) in [6.07, 6.45) is 0. The number of nitrogens with zero attached hydrogens (tertiary/aromatic N) is 1. The van der Waals surface area contributed by atoms with Gasteiger partial charge in [0.25, 0.3) is 5.91 Å². The van der Waals surface area contributed by atoms with Gasteiger partial charge in [-0.25, -0.2) is 8.78 Å². The van der Waals surface area contributed by atoms with Gasteiger partial charge in [0.1, 0.15) is 17.4 Å². The van der Waals surface area contributed by atoms with E-state index < -0.39 is 17.5 Å². The lowest BCUT2D eigenvalue weighted by Gasteiger charge is -2.26. The van der Waals surface area contributed by atoms with Crippen molar-refractivity contribution in [3.05, 3.63) is 65.2 Å². The van der Waals surface area contributed by atoms with Crippen molar-refractivity contribution in [1.82, 2.24) is 4.90 Å². The van der Waals surface area contributed by atoms with Crippen LogP contribution in [0.1, 0.15) is 28.9 Å². The van der Waals surface area contributed by atoms with Gasteiger partial charge in [-0.2, -0.15) is 0 Å². The molecule has 2 aromatic rings. The molecule has 1 unspecified atom stereocenters. The van der Waals surface area contributed by atoms with Gasteiger partial charge in [-0.15, -0.1) is 0 Å². The molecular weight excluding hydrogens is 288 g/mol. The Balaban J connectivity index is 2.30. The molecule has 3 nitrogen and oxygen atoms in total. The van der Waals surface area contributed by atoms with Crippen LogP contribution in [0.4, 0.5) is 8.78 Å². The second-order valence-corrected chi connectivity index (χ2v) is 4.96. The standard InChI is InChI=1S/C17H17F2NO2/c1-11(13-6-4-5-7-16(13)22-3)20(2)17(21)14-9-8-12(18)10-15(14)19/h4-11H,1-3H3. The van der Waals surface area contributed by atoms with Crippen LogP contribution in [0.15, 0.2) is 42.5 Å². The molecule has 2 aromatic carbocycles. The van der Waals surface area contributed by atoms with Crippen LogP contribution in [0.3, 0.4) is 0 Å². The zero-order chi connectivity index (χ0) is 16.3. The molecule has 0 saturated carbocycles. The topological polar surface area (TPSA) is 29.5 Å². The highest BCUT2D eigenvalue weighted by atomic mass is 19.1. The number of ether oxygens (including phenoxy) is 1. The number of amides is 1. The van der Waals surface area contributed by atoms with Gasteiger partial charge in [-0.05, 0) is 25.1 Å². The molecule has 0 aliphatic carbocycles. The molecule has 0 aliphatic heterocycles. The van der Waals surface area contributed by atoms with Crippen LogP contribution in [0, 0.1) is 11.6 Å². The summed E-state index contributed by atoms with van der Waals surface area (Å²) in [7, 11) is 3.12. The summed E-state index contributed by atoms with van der Waals surface area (Å²) in [5.74, 6) is -1.45. The van der Waals surface area contributed by atoms with E-state index in [-0.39, 0.29) is 11.6 Å². The van der Waals surface area contributed by atoms with E-state index in [0.717, 1.165) is 17.7 Å². The Kier molecular flexibility index (Phi) is 4.75. The van der Waals surface area contributed by atoms with Crippen molar-refractivity contribution in [2.45, 2.75) is 13.0 Å². The molecule has 0 bridgehead atoms. The van der Waals surface area contributed by atoms with E-state index in [1.165, 1.54) is 4.90 Å². The van der Waals surface area contributed by atoms with Gasteiger partial charge in [0, 0.05) is 18.7 Å². The third-order valence-corrected chi connectivity index (χ3v) is 3.65. The summed E-state index contributed by atoms with van der Waals surface area (Å²) in [4.78, 5) is 13.8. The lowest BCUT2D eigenvalue weighted by atomic mass is 10.0. The summed E-state index contributed by atoms with van der Waals surface area (Å²) in [6.45, 7) is 1.82. The average Bonchev–Trinajstić information content (AvgIpc) is 2.52. The lowest BCUT2D eigenvalue weighted by molar-refractivity contribution is 0.0736. The van der Waals surface area contributed by atoms with Gasteiger partial charge < -0.3 is 9.64 Å². The Bertz CT molecular complexity index is 688. The number of methoxy groups -OCH3 is 1. The SMILES string of the molecule is COc1ccccc1C(C)N(C)C(=O)c1ccc(F)cc1F. The fourth-order valence-electron chi connectivity index (χ4n) is 2.25. The highest BCUT2D eigenvalue weighted by molar-refractivity contribution is 5.94. The van der Waals surface area contributed by atoms with Crippen molar-refractivity contribution < 1.29 is 18.3 Å².